The molecule has 4 rings (SSSR count). The highest BCUT2D eigenvalue weighted by Crippen LogP contribution is 2.33. The minimum Gasteiger partial charge on any atom is -0.329 e. The second-order valence-electron chi connectivity index (χ2n) is 8.19. The molecule has 0 N–H and O–H groups in total. The van der Waals surface area contributed by atoms with E-state index in [0.717, 1.165) is 41.8 Å². The van der Waals surface area contributed by atoms with Crippen molar-refractivity contribution in [1.82, 2.24) is 19.7 Å². The van der Waals surface area contributed by atoms with E-state index < -0.39 is 0 Å². The molecule has 1 aliphatic rings. The maximum absolute atomic E-state index is 13.4. The molecule has 156 valence electrons. The molecule has 1 amide bonds. The Balaban J connectivity index is 1.70. The van der Waals surface area contributed by atoms with Gasteiger partial charge in [0, 0.05) is 24.5 Å². The summed E-state index contributed by atoms with van der Waals surface area (Å²) in [6.45, 7) is 6.71. The van der Waals surface area contributed by atoms with Crippen LogP contribution < -0.4 is 0 Å². The van der Waals surface area contributed by atoms with Crippen LogP contribution in [0.3, 0.4) is 0 Å². The number of halogens is 1. The molecule has 5 nitrogen and oxygen atoms in total. The van der Waals surface area contributed by atoms with Gasteiger partial charge in [0.05, 0.1) is 11.7 Å². The first kappa shape index (κ1) is 20.3. The van der Waals surface area contributed by atoms with Gasteiger partial charge in [-0.25, -0.2) is 4.39 Å². The van der Waals surface area contributed by atoms with E-state index in [1.54, 1.807) is 29.1 Å². The first-order valence-electron chi connectivity index (χ1n) is 10.5. The lowest BCUT2D eigenvalue weighted by molar-refractivity contribution is 0.0591. The highest BCUT2D eigenvalue weighted by atomic mass is 19.1. The summed E-state index contributed by atoms with van der Waals surface area (Å²) in [6.07, 6.45) is 4.60. The smallest absolute Gasteiger partial charge is 0.272 e. The number of carbonyl (C=O) groups excluding carboxylic acids is 1. The topological polar surface area (TPSA) is 51.0 Å². The molecule has 3 aromatic rings. The highest BCUT2D eigenvalue weighted by Gasteiger charge is 2.31. The normalized spacial score (nSPS) is 16.8. The predicted molar refractivity (Wildman–Crippen MR) is 115 cm³/mol. The molecule has 0 radical (unpaired) electrons. The zero-order chi connectivity index (χ0) is 21.3. The SMILES string of the molecule is Cc1cc(-c2ccc(F)cc2)cc([C@@H]2CCCCN2C(=O)c2ccnn2C(C)C)n1. The van der Waals surface area contributed by atoms with Crippen molar-refractivity contribution in [3.05, 3.63) is 71.6 Å². The summed E-state index contributed by atoms with van der Waals surface area (Å²) in [5.41, 5.74) is 4.32. The number of aryl methyl sites for hydroxylation is 1. The Hall–Kier alpha value is -3.02. The van der Waals surface area contributed by atoms with Gasteiger partial charge in [0.15, 0.2) is 0 Å². The summed E-state index contributed by atoms with van der Waals surface area (Å²) in [5.74, 6) is -0.256. The van der Waals surface area contributed by atoms with Crippen LogP contribution in [0.15, 0.2) is 48.7 Å². The number of benzene rings is 1. The number of hydrogen-bond acceptors (Lipinski definition) is 3. The van der Waals surface area contributed by atoms with Crippen molar-refractivity contribution in [2.75, 3.05) is 6.54 Å². The van der Waals surface area contributed by atoms with Gasteiger partial charge < -0.3 is 4.90 Å². The molecule has 1 atom stereocenters. The molecule has 0 bridgehead atoms. The van der Waals surface area contributed by atoms with Crippen molar-refractivity contribution >= 4 is 5.91 Å². The number of likely N-dealkylation sites (tertiary alicyclic amines) is 1. The molecule has 2 aromatic heterocycles. The van der Waals surface area contributed by atoms with Gasteiger partial charge in [-0.3, -0.25) is 14.5 Å². The van der Waals surface area contributed by atoms with E-state index in [2.05, 4.69) is 5.10 Å². The summed E-state index contributed by atoms with van der Waals surface area (Å²) in [4.78, 5) is 20.2. The Kier molecular flexibility index (Phi) is 5.66. The summed E-state index contributed by atoms with van der Waals surface area (Å²) in [5, 5.41) is 4.33. The molecule has 6 heteroatoms. The first-order chi connectivity index (χ1) is 14.4. The molecule has 3 heterocycles. The summed E-state index contributed by atoms with van der Waals surface area (Å²) < 4.78 is 15.1. The second-order valence-corrected chi connectivity index (χ2v) is 8.19. The Morgan fingerprint density at radius 3 is 2.60 bits per heavy atom. The van der Waals surface area contributed by atoms with Gasteiger partial charge in [-0.2, -0.15) is 5.10 Å². The Morgan fingerprint density at radius 2 is 1.87 bits per heavy atom. The van der Waals surface area contributed by atoms with Crippen LogP contribution in [0.25, 0.3) is 11.1 Å². The van der Waals surface area contributed by atoms with Crippen LogP contribution in [-0.4, -0.2) is 32.1 Å². The van der Waals surface area contributed by atoms with Crippen molar-refractivity contribution < 1.29 is 9.18 Å². The third-order valence-corrected chi connectivity index (χ3v) is 5.63. The van der Waals surface area contributed by atoms with E-state index in [1.165, 1.54) is 12.1 Å². The van der Waals surface area contributed by atoms with Gasteiger partial charge in [0.1, 0.15) is 11.5 Å². The monoisotopic (exact) mass is 406 g/mol. The van der Waals surface area contributed by atoms with Crippen LogP contribution >= 0.6 is 0 Å². The average molecular weight is 407 g/mol. The number of hydrogen-bond donors (Lipinski definition) is 0. The molecule has 0 saturated carbocycles. The number of piperidine rings is 1. The largest absolute Gasteiger partial charge is 0.329 e. The highest BCUT2D eigenvalue weighted by molar-refractivity contribution is 5.93. The van der Waals surface area contributed by atoms with Gasteiger partial charge in [-0.15, -0.1) is 0 Å². The van der Waals surface area contributed by atoms with Crippen molar-refractivity contribution in [3.8, 4) is 11.1 Å². The lowest BCUT2D eigenvalue weighted by Crippen LogP contribution is -2.40. The van der Waals surface area contributed by atoms with Gasteiger partial charge in [0.2, 0.25) is 0 Å². The first-order valence-corrected chi connectivity index (χ1v) is 10.5. The quantitative estimate of drug-likeness (QED) is 0.588. The van der Waals surface area contributed by atoms with Crippen LogP contribution in [0.4, 0.5) is 4.39 Å². The van der Waals surface area contributed by atoms with E-state index in [-0.39, 0.29) is 23.8 Å². The number of rotatable bonds is 4. The predicted octanol–water partition coefficient (Wildman–Crippen LogP) is 5.34. The summed E-state index contributed by atoms with van der Waals surface area (Å²) in [6, 6.07) is 12.3. The third-order valence-electron chi connectivity index (χ3n) is 5.63. The average Bonchev–Trinajstić information content (AvgIpc) is 3.23. The Morgan fingerprint density at radius 1 is 1.10 bits per heavy atom. The molecule has 1 aliphatic heterocycles. The van der Waals surface area contributed by atoms with E-state index in [4.69, 9.17) is 4.98 Å². The van der Waals surface area contributed by atoms with Gasteiger partial charge >= 0.3 is 0 Å². The fraction of sp³-hybridized carbons (Fsp3) is 0.375. The zero-order valence-electron chi connectivity index (χ0n) is 17.7. The molecule has 0 spiro atoms. The maximum atomic E-state index is 13.4. The van der Waals surface area contributed by atoms with Crippen LogP contribution in [0.2, 0.25) is 0 Å². The Bertz CT molecular complexity index is 1040. The van der Waals surface area contributed by atoms with E-state index in [9.17, 15) is 9.18 Å². The molecule has 0 aliphatic carbocycles. The molecule has 1 aromatic carbocycles. The molecule has 1 fully saturated rings. The van der Waals surface area contributed by atoms with Gasteiger partial charge in [-0.05, 0) is 81.5 Å². The number of amides is 1. The fourth-order valence-corrected chi connectivity index (χ4v) is 4.20. The number of nitrogens with zero attached hydrogens (tertiary/aromatic N) is 4. The van der Waals surface area contributed by atoms with Gasteiger partial charge in [0.25, 0.3) is 5.91 Å². The molecule has 0 unspecified atom stereocenters. The molecule has 30 heavy (non-hydrogen) atoms. The van der Waals surface area contributed by atoms with E-state index in [0.29, 0.717) is 12.2 Å². The fourth-order valence-electron chi connectivity index (χ4n) is 4.20. The minimum absolute atomic E-state index is 0.00228. The van der Waals surface area contributed by atoms with Crippen LogP contribution in [0, 0.1) is 12.7 Å². The minimum atomic E-state index is -0.254. The van der Waals surface area contributed by atoms with Crippen LogP contribution in [-0.2, 0) is 0 Å². The van der Waals surface area contributed by atoms with Gasteiger partial charge in [-0.1, -0.05) is 12.1 Å². The second kappa shape index (κ2) is 8.38. The van der Waals surface area contributed by atoms with Crippen LogP contribution in [0.5, 0.6) is 0 Å². The van der Waals surface area contributed by atoms with E-state index in [1.807, 2.05) is 37.8 Å². The van der Waals surface area contributed by atoms with Crippen molar-refractivity contribution in [2.24, 2.45) is 0 Å². The van der Waals surface area contributed by atoms with Crippen LogP contribution in [0.1, 0.15) is 67.1 Å². The Labute approximate surface area is 176 Å². The van der Waals surface area contributed by atoms with E-state index >= 15 is 0 Å². The standard InChI is InChI=1S/C24H27FN4O/c1-16(2)29-23(11-12-26-29)24(30)28-13-5-4-6-22(28)21-15-19(14-17(3)27-21)18-7-9-20(25)10-8-18/h7-12,14-16,22H,4-6,13H2,1-3H3/t22-/m0/s1. The number of aromatic nitrogens is 3. The summed E-state index contributed by atoms with van der Waals surface area (Å²) >= 11 is 0. The number of carbonyl (C=O) groups is 1. The zero-order valence-corrected chi connectivity index (χ0v) is 17.7. The maximum Gasteiger partial charge on any atom is 0.272 e. The van der Waals surface area contributed by atoms with Crippen molar-refractivity contribution in [3.63, 3.8) is 0 Å². The number of pyridine rings is 1. The third kappa shape index (κ3) is 3.99. The lowest BCUT2D eigenvalue weighted by Gasteiger charge is -2.36. The van der Waals surface area contributed by atoms with Crippen molar-refractivity contribution in [2.45, 2.75) is 52.1 Å². The molecular weight excluding hydrogens is 379 g/mol. The lowest BCUT2D eigenvalue weighted by atomic mass is 9.95. The molecular formula is C24H27FN4O. The summed E-state index contributed by atoms with van der Waals surface area (Å²) in [7, 11) is 0. The molecule has 1 saturated heterocycles. The van der Waals surface area contributed by atoms with Crippen molar-refractivity contribution in [1.29, 1.82) is 0 Å².